The monoisotopic (exact) mass is 303 g/mol. The van der Waals surface area contributed by atoms with E-state index in [-0.39, 0.29) is 17.2 Å². The van der Waals surface area contributed by atoms with Crippen molar-refractivity contribution in [1.82, 2.24) is 4.90 Å². The summed E-state index contributed by atoms with van der Waals surface area (Å²) in [6.45, 7) is 0.909. The molecule has 1 amide bonds. The number of hydrogen-bond donors (Lipinski definition) is 1. The molecule has 1 aliphatic heterocycles. The van der Waals surface area contributed by atoms with Crippen molar-refractivity contribution in [1.29, 1.82) is 0 Å². The van der Waals surface area contributed by atoms with Gasteiger partial charge in [-0.2, -0.15) is 0 Å². The second-order valence-electron chi connectivity index (χ2n) is 4.48. The number of rotatable bonds is 2. The first kappa shape index (κ1) is 14.4. The number of carbonyl (C=O) groups excluding carboxylic acids is 1. The molecule has 19 heavy (non-hydrogen) atoms. The zero-order chi connectivity index (χ0) is 14.0. The van der Waals surface area contributed by atoms with Crippen molar-refractivity contribution in [2.75, 3.05) is 20.2 Å². The molecule has 1 fully saturated rings. The molecule has 1 saturated heterocycles. The SMILES string of the molecule is COc1c(Cl)ccc(Cl)c1C(=O)N1CCCC(O)C1. The minimum absolute atomic E-state index is 0.255. The third-order valence-corrected chi connectivity index (χ3v) is 3.77. The summed E-state index contributed by atoms with van der Waals surface area (Å²) in [5.74, 6) is 0.0160. The van der Waals surface area contributed by atoms with Crippen LogP contribution in [0.15, 0.2) is 12.1 Å². The molecule has 1 atom stereocenters. The highest BCUT2D eigenvalue weighted by atomic mass is 35.5. The second-order valence-corrected chi connectivity index (χ2v) is 5.30. The Balaban J connectivity index is 2.35. The Hall–Kier alpha value is -0.970. The number of methoxy groups -OCH3 is 1. The Kier molecular flexibility index (Phi) is 4.55. The van der Waals surface area contributed by atoms with Gasteiger partial charge in [0.05, 0.1) is 23.3 Å². The van der Waals surface area contributed by atoms with E-state index in [9.17, 15) is 9.90 Å². The van der Waals surface area contributed by atoms with Crippen molar-refractivity contribution in [3.63, 3.8) is 0 Å². The summed E-state index contributed by atoms with van der Waals surface area (Å²) in [5, 5.41) is 10.3. The van der Waals surface area contributed by atoms with E-state index in [1.807, 2.05) is 0 Å². The fraction of sp³-hybridized carbons (Fsp3) is 0.462. The highest BCUT2D eigenvalue weighted by Crippen LogP contribution is 2.35. The molecule has 1 aromatic carbocycles. The van der Waals surface area contributed by atoms with Crippen LogP contribution in [-0.2, 0) is 0 Å². The van der Waals surface area contributed by atoms with Crippen LogP contribution in [0, 0.1) is 0 Å². The van der Waals surface area contributed by atoms with Crippen molar-refractivity contribution in [3.8, 4) is 5.75 Å². The van der Waals surface area contributed by atoms with Crippen LogP contribution in [0.2, 0.25) is 10.0 Å². The fourth-order valence-electron chi connectivity index (χ4n) is 2.23. The Morgan fingerprint density at radius 1 is 1.42 bits per heavy atom. The van der Waals surface area contributed by atoms with Gasteiger partial charge >= 0.3 is 0 Å². The lowest BCUT2D eigenvalue weighted by molar-refractivity contribution is 0.0471. The minimum Gasteiger partial charge on any atom is -0.494 e. The van der Waals surface area contributed by atoms with Gasteiger partial charge in [0.25, 0.3) is 5.91 Å². The van der Waals surface area contributed by atoms with Crippen LogP contribution in [0.1, 0.15) is 23.2 Å². The predicted octanol–water partition coefficient (Wildman–Crippen LogP) is 2.60. The third kappa shape index (κ3) is 2.96. The zero-order valence-corrected chi connectivity index (χ0v) is 12.0. The average Bonchev–Trinajstić information content (AvgIpc) is 2.40. The summed E-state index contributed by atoms with van der Waals surface area (Å²) in [5.41, 5.74) is 0.255. The molecule has 0 radical (unpaired) electrons. The molecule has 1 heterocycles. The van der Waals surface area contributed by atoms with Crippen LogP contribution in [0.25, 0.3) is 0 Å². The van der Waals surface area contributed by atoms with Gasteiger partial charge in [0.2, 0.25) is 0 Å². The number of benzene rings is 1. The first-order valence-electron chi connectivity index (χ1n) is 6.04. The highest BCUT2D eigenvalue weighted by molar-refractivity contribution is 6.37. The van der Waals surface area contributed by atoms with Gasteiger partial charge in [-0.1, -0.05) is 23.2 Å². The maximum absolute atomic E-state index is 12.5. The van der Waals surface area contributed by atoms with Gasteiger partial charge in [0.1, 0.15) is 5.56 Å². The molecule has 4 nitrogen and oxygen atoms in total. The molecule has 1 N–H and O–H groups in total. The van der Waals surface area contributed by atoms with Crippen LogP contribution in [-0.4, -0.2) is 42.2 Å². The molecule has 1 aliphatic rings. The quantitative estimate of drug-likeness (QED) is 0.913. The van der Waals surface area contributed by atoms with E-state index in [0.29, 0.717) is 29.6 Å². The Morgan fingerprint density at radius 3 is 2.74 bits per heavy atom. The number of nitrogens with zero attached hydrogens (tertiary/aromatic N) is 1. The normalized spacial score (nSPS) is 19.4. The molecule has 0 aliphatic carbocycles. The van der Waals surface area contributed by atoms with Crippen LogP contribution >= 0.6 is 23.2 Å². The highest BCUT2D eigenvalue weighted by Gasteiger charge is 2.27. The number of carbonyl (C=O) groups is 1. The first-order chi connectivity index (χ1) is 9.04. The first-order valence-corrected chi connectivity index (χ1v) is 6.79. The summed E-state index contributed by atoms with van der Waals surface area (Å²) in [7, 11) is 1.44. The summed E-state index contributed by atoms with van der Waals surface area (Å²) in [4.78, 5) is 14.1. The molecule has 1 unspecified atom stereocenters. The largest absolute Gasteiger partial charge is 0.494 e. The number of ether oxygens (including phenoxy) is 1. The molecule has 1 aromatic rings. The zero-order valence-electron chi connectivity index (χ0n) is 10.5. The van der Waals surface area contributed by atoms with Gasteiger partial charge in [-0.15, -0.1) is 0 Å². The maximum atomic E-state index is 12.5. The second kappa shape index (κ2) is 5.99. The van der Waals surface area contributed by atoms with Crippen molar-refractivity contribution < 1.29 is 14.6 Å². The van der Waals surface area contributed by atoms with Crippen LogP contribution < -0.4 is 4.74 Å². The lowest BCUT2D eigenvalue weighted by Gasteiger charge is -2.30. The van der Waals surface area contributed by atoms with Gasteiger partial charge < -0.3 is 14.7 Å². The van der Waals surface area contributed by atoms with E-state index in [1.54, 1.807) is 17.0 Å². The number of halogens is 2. The number of hydrogen-bond acceptors (Lipinski definition) is 3. The van der Waals surface area contributed by atoms with Gasteiger partial charge in [-0.3, -0.25) is 4.79 Å². The lowest BCUT2D eigenvalue weighted by Crippen LogP contribution is -2.42. The van der Waals surface area contributed by atoms with Crippen molar-refractivity contribution in [2.45, 2.75) is 18.9 Å². The molecule has 0 saturated carbocycles. The standard InChI is InChI=1S/C13H15Cl2NO3/c1-19-12-10(15)5-4-9(14)11(12)13(18)16-6-2-3-8(17)7-16/h4-5,8,17H,2-3,6-7H2,1H3. The summed E-state index contributed by atoms with van der Waals surface area (Å²) in [6, 6.07) is 3.16. The fourth-order valence-corrected chi connectivity index (χ4v) is 2.69. The summed E-state index contributed by atoms with van der Waals surface area (Å²) >= 11 is 12.1. The molecule has 6 heteroatoms. The molecule has 104 valence electrons. The van der Waals surface area contributed by atoms with Crippen molar-refractivity contribution in [2.24, 2.45) is 0 Å². The van der Waals surface area contributed by atoms with Gasteiger partial charge in [0, 0.05) is 13.1 Å². The van der Waals surface area contributed by atoms with E-state index in [1.165, 1.54) is 7.11 Å². The summed E-state index contributed by atoms with van der Waals surface area (Å²) < 4.78 is 5.17. The van der Waals surface area contributed by atoms with E-state index in [2.05, 4.69) is 0 Å². The minimum atomic E-state index is -0.485. The van der Waals surface area contributed by atoms with Crippen LogP contribution in [0.3, 0.4) is 0 Å². The number of amides is 1. The van der Waals surface area contributed by atoms with Crippen LogP contribution in [0.4, 0.5) is 0 Å². The molecule has 2 rings (SSSR count). The molecular weight excluding hydrogens is 289 g/mol. The lowest BCUT2D eigenvalue weighted by atomic mass is 10.1. The topological polar surface area (TPSA) is 49.8 Å². The van der Waals surface area contributed by atoms with Crippen molar-refractivity contribution in [3.05, 3.63) is 27.7 Å². The number of piperidine rings is 1. The van der Waals surface area contributed by atoms with Crippen molar-refractivity contribution >= 4 is 29.1 Å². The van der Waals surface area contributed by atoms with Gasteiger partial charge in [-0.05, 0) is 25.0 Å². The summed E-state index contributed by atoms with van der Waals surface area (Å²) in [6.07, 6.45) is 0.999. The van der Waals surface area contributed by atoms with E-state index < -0.39 is 6.10 Å². The molecule has 0 spiro atoms. The number of aliphatic hydroxyl groups excluding tert-OH is 1. The number of likely N-dealkylation sites (tertiary alicyclic amines) is 1. The molecule has 0 bridgehead atoms. The molecular formula is C13H15Cl2NO3. The third-order valence-electron chi connectivity index (χ3n) is 3.16. The van der Waals surface area contributed by atoms with Crippen LogP contribution in [0.5, 0.6) is 5.75 Å². The Bertz CT molecular complexity index is 493. The van der Waals surface area contributed by atoms with E-state index in [4.69, 9.17) is 27.9 Å². The number of aliphatic hydroxyl groups is 1. The smallest absolute Gasteiger partial charge is 0.259 e. The average molecular weight is 304 g/mol. The van der Waals surface area contributed by atoms with Gasteiger partial charge in [0.15, 0.2) is 5.75 Å². The van der Waals surface area contributed by atoms with Gasteiger partial charge in [-0.25, -0.2) is 0 Å². The maximum Gasteiger partial charge on any atom is 0.259 e. The Morgan fingerprint density at radius 2 is 2.11 bits per heavy atom. The predicted molar refractivity (Wildman–Crippen MR) is 74.2 cm³/mol. The Labute approximate surface area is 121 Å². The van der Waals surface area contributed by atoms with E-state index >= 15 is 0 Å². The number of β-amino-alcohol motifs (C(OH)–C–C–N with tert-alkyl or cyclic N) is 1. The van der Waals surface area contributed by atoms with E-state index in [0.717, 1.165) is 6.42 Å². The molecule has 0 aromatic heterocycles.